The molecule has 0 heterocycles. The van der Waals surface area contributed by atoms with Crippen molar-refractivity contribution in [1.82, 2.24) is 0 Å². The first-order valence-electron chi connectivity index (χ1n) is 6.54. The van der Waals surface area contributed by atoms with Gasteiger partial charge in [0.1, 0.15) is 18.1 Å². The molecule has 4 heteroatoms. The van der Waals surface area contributed by atoms with E-state index in [1.165, 1.54) is 0 Å². The Morgan fingerprint density at radius 2 is 1.85 bits per heavy atom. The second kappa shape index (κ2) is 6.93. The van der Waals surface area contributed by atoms with Gasteiger partial charge in [0.2, 0.25) is 0 Å². The molecule has 2 aromatic rings. The van der Waals surface area contributed by atoms with Crippen LogP contribution < -0.4 is 10.5 Å². The van der Waals surface area contributed by atoms with Gasteiger partial charge in [0.25, 0.3) is 0 Å². The minimum atomic E-state index is -0.364. The zero-order valence-corrected chi connectivity index (χ0v) is 11.2. The van der Waals surface area contributed by atoms with Gasteiger partial charge in [0, 0.05) is 12.1 Å². The summed E-state index contributed by atoms with van der Waals surface area (Å²) in [4.78, 5) is 0. The van der Waals surface area contributed by atoms with Crippen molar-refractivity contribution < 1.29 is 14.9 Å². The van der Waals surface area contributed by atoms with E-state index in [-0.39, 0.29) is 18.4 Å². The number of phenols is 1. The fourth-order valence-corrected chi connectivity index (χ4v) is 1.89. The zero-order valence-electron chi connectivity index (χ0n) is 11.2. The molecule has 0 radical (unpaired) electrons. The summed E-state index contributed by atoms with van der Waals surface area (Å²) in [5, 5.41) is 18.8. The minimum absolute atomic E-state index is 0.105. The van der Waals surface area contributed by atoms with Gasteiger partial charge in [-0.3, -0.25) is 0 Å². The Labute approximate surface area is 118 Å². The van der Waals surface area contributed by atoms with Gasteiger partial charge in [0.05, 0.1) is 6.61 Å². The molecule has 0 saturated heterocycles. The molecule has 4 N–H and O–H groups in total. The van der Waals surface area contributed by atoms with Crippen molar-refractivity contribution in [3.05, 3.63) is 59.7 Å². The van der Waals surface area contributed by atoms with Crippen LogP contribution in [-0.4, -0.2) is 22.9 Å². The number of rotatable bonds is 6. The normalized spacial score (nSPS) is 12.1. The number of hydrogen-bond donors (Lipinski definition) is 3. The third-order valence-corrected chi connectivity index (χ3v) is 3.02. The highest BCUT2D eigenvalue weighted by molar-refractivity contribution is 5.40. The van der Waals surface area contributed by atoms with Gasteiger partial charge in [-0.25, -0.2) is 0 Å². The highest BCUT2D eigenvalue weighted by Gasteiger charge is 2.08. The molecule has 0 fully saturated rings. The number of benzene rings is 2. The van der Waals surface area contributed by atoms with Gasteiger partial charge < -0.3 is 20.7 Å². The van der Waals surface area contributed by atoms with Crippen molar-refractivity contribution in [2.24, 2.45) is 5.73 Å². The molecular weight excluding hydrogens is 254 g/mol. The number of ether oxygens (including phenoxy) is 1. The first kappa shape index (κ1) is 14.4. The lowest BCUT2D eigenvalue weighted by Crippen LogP contribution is -2.26. The molecule has 2 aromatic carbocycles. The maximum Gasteiger partial charge on any atom is 0.123 e. The van der Waals surface area contributed by atoms with E-state index in [1.54, 1.807) is 18.2 Å². The van der Waals surface area contributed by atoms with Crippen LogP contribution in [0.15, 0.2) is 48.5 Å². The molecule has 0 saturated carbocycles. The standard InChI is InChI=1S/C16H19NO3/c17-14(10-18)8-13-6-7-15(9-16(13)19)20-11-12-4-2-1-3-5-12/h1-7,9,14,18-19H,8,10-11,17H2. The summed E-state index contributed by atoms with van der Waals surface area (Å²) in [5.41, 5.74) is 7.43. The molecule has 20 heavy (non-hydrogen) atoms. The van der Waals surface area contributed by atoms with Crippen LogP contribution in [-0.2, 0) is 13.0 Å². The van der Waals surface area contributed by atoms with Crippen LogP contribution in [0.3, 0.4) is 0 Å². The minimum Gasteiger partial charge on any atom is -0.508 e. The smallest absolute Gasteiger partial charge is 0.123 e. The number of nitrogens with two attached hydrogens (primary N) is 1. The van der Waals surface area contributed by atoms with Gasteiger partial charge in [-0.1, -0.05) is 36.4 Å². The van der Waals surface area contributed by atoms with Crippen molar-refractivity contribution in [3.8, 4) is 11.5 Å². The molecule has 0 amide bonds. The molecule has 2 rings (SSSR count). The predicted molar refractivity (Wildman–Crippen MR) is 77.6 cm³/mol. The molecular formula is C16H19NO3. The van der Waals surface area contributed by atoms with E-state index in [4.69, 9.17) is 15.6 Å². The molecule has 0 bridgehead atoms. The van der Waals surface area contributed by atoms with Crippen LogP contribution in [0.4, 0.5) is 0 Å². The van der Waals surface area contributed by atoms with Gasteiger partial charge in [-0.15, -0.1) is 0 Å². The molecule has 0 spiro atoms. The Balaban J connectivity index is 1.98. The SMILES string of the molecule is NC(CO)Cc1ccc(OCc2ccccc2)cc1O. The third-order valence-electron chi connectivity index (χ3n) is 3.02. The van der Waals surface area contributed by atoms with Crippen LogP contribution in [0.5, 0.6) is 11.5 Å². The number of aliphatic hydroxyl groups excluding tert-OH is 1. The van der Waals surface area contributed by atoms with Crippen LogP contribution in [0.1, 0.15) is 11.1 Å². The lowest BCUT2D eigenvalue weighted by atomic mass is 10.1. The van der Waals surface area contributed by atoms with Gasteiger partial charge >= 0.3 is 0 Å². The van der Waals surface area contributed by atoms with Crippen molar-refractivity contribution in [3.63, 3.8) is 0 Å². The number of aromatic hydroxyl groups is 1. The molecule has 4 nitrogen and oxygen atoms in total. The van der Waals surface area contributed by atoms with Crippen LogP contribution >= 0.6 is 0 Å². The zero-order chi connectivity index (χ0) is 14.4. The lowest BCUT2D eigenvalue weighted by Gasteiger charge is -2.12. The van der Waals surface area contributed by atoms with Gasteiger partial charge in [-0.05, 0) is 23.6 Å². The van der Waals surface area contributed by atoms with Crippen molar-refractivity contribution >= 4 is 0 Å². The number of aliphatic hydroxyl groups is 1. The molecule has 0 aromatic heterocycles. The molecule has 106 valence electrons. The van der Waals surface area contributed by atoms with Crippen LogP contribution in [0.25, 0.3) is 0 Å². The number of phenolic OH excluding ortho intramolecular Hbond substituents is 1. The molecule has 0 aliphatic rings. The summed E-state index contributed by atoms with van der Waals surface area (Å²) in [7, 11) is 0. The largest absolute Gasteiger partial charge is 0.508 e. The van der Waals surface area contributed by atoms with E-state index >= 15 is 0 Å². The maximum absolute atomic E-state index is 9.92. The maximum atomic E-state index is 9.92. The Kier molecular flexibility index (Phi) is 4.98. The topological polar surface area (TPSA) is 75.7 Å². The van der Waals surface area contributed by atoms with E-state index < -0.39 is 0 Å². The molecule has 0 aliphatic carbocycles. The fourth-order valence-electron chi connectivity index (χ4n) is 1.89. The van der Waals surface area contributed by atoms with Crippen molar-refractivity contribution in [2.75, 3.05) is 6.61 Å². The predicted octanol–water partition coefficient (Wildman–Crippen LogP) is 1.83. The lowest BCUT2D eigenvalue weighted by molar-refractivity contribution is 0.264. The van der Waals surface area contributed by atoms with E-state index in [9.17, 15) is 5.11 Å². The summed E-state index contributed by atoms with van der Waals surface area (Å²) in [5.74, 6) is 0.743. The van der Waals surface area contributed by atoms with Gasteiger partial charge in [-0.2, -0.15) is 0 Å². The second-order valence-corrected chi connectivity index (χ2v) is 4.71. The highest BCUT2D eigenvalue weighted by atomic mass is 16.5. The van der Waals surface area contributed by atoms with E-state index in [0.717, 1.165) is 5.56 Å². The highest BCUT2D eigenvalue weighted by Crippen LogP contribution is 2.25. The first-order chi connectivity index (χ1) is 9.69. The average Bonchev–Trinajstić information content (AvgIpc) is 2.48. The molecule has 1 atom stereocenters. The quantitative estimate of drug-likeness (QED) is 0.750. The second-order valence-electron chi connectivity index (χ2n) is 4.71. The van der Waals surface area contributed by atoms with Crippen molar-refractivity contribution in [1.29, 1.82) is 0 Å². The average molecular weight is 273 g/mol. The molecule has 1 unspecified atom stereocenters. The Morgan fingerprint density at radius 3 is 2.50 bits per heavy atom. The number of hydrogen-bond acceptors (Lipinski definition) is 4. The van der Waals surface area contributed by atoms with Gasteiger partial charge in [0.15, 0.2) is 0 Å². The fraction of sp³-hybridized carbons (Fsp3) is 0.250. The third kappa shape index (κ3) is 3.98. The summed E-state index contributed by atoms with van der Waals surface area (Å²) >= 11 is 0. The first-order valence-corrected chi connectivity index (χ1v) is 6.54. The summed E-state index contributed by atoms with van der Waals surface area (Å²) in [6, 6.07) is 14.6. The van der Waals surface area contributed by atoms with E-state index in [1.807, 2.05) is 30.3 Å². The van der Waals surface area contributed by atoms with E-state index in [0.29, 0.717) is 24.3 Å². The summed E-state index contributed by atoms with van der Waals surface area (Å²) in [6.07, 6.45) is 0.432. The monoisotopic (exact) mass is 273 g/mol. The Hall–Kier alpha value is -2.04. The Morgan fingerprint density at radius 1 is 1.10 bits per heavy atom. The Bertz CT molecular complexity index is 543. The van der Waals surface area contributed by atoms with E-state index in [2.05, 4.69) is 0 Å². The molecule has 0 aliphatic heterocycles. The summed E-state index contributed by atoms with van der Waals surface area (Å²) in [6.45, 7) is 0.349. The van der Waals surface area contributed by atoms with Crippen LogP contribution in [0, 0.1) is 0 Å². The summed E-state index contributed by atoms with van der Waals surface area (Å²) < 4.78 is 5.62. The van der Waals surface area contributed by atoms with Crippen molar-refractivity contribution in [2.45, 2.75) is 19.1 Å². The van der Waals surface area contributed by atoms with Crippen LogP contribution in [0.2, 0.25) is 0 Å².